The van der Waals surface area contributed by atoms with Crippen LogP contribution in [0.5, 0.6) is 11.5 Å². The van der Waals surface area contributed by atoms with E-state index in [0.717, 1.165) is 19.4 Å². The predicted octanol–water partition coefficient (Wildman–Crippen LogP) is 2.88. The van der Waals surface area contributed by atoms with E-state index < -0.39 is 5.97 Å². The van der Waals surface area contributed by atoms with Crippen LogP contribution in [-0.4, -0.2) is 43.4 Å². The number of benzene rings is 2. The molecule has 0 aliphatic carbocycles. The number of rotatable bonds is 8. The number of carboxylic acids is 1. The second kappa shape index (κ2) is 9.23. The van der Waals surface area contributed by atoms with Gasteiger partial charge in [-0.15, -0.1) is 0 Å². The van der Waals surface area contributed by atoms with E-state index in [4.69, 9.17) is 14.2 Å². The molecular formula is C21H23NO6. The first-order chi connectivity index (χ1) is 13.6. The Morgan fingerprint density at radius 1 is 1.21 bits per heavy atom. The molecule has 0 aromatic heterocycles. The summed E-state index contributed by atoms with van der Waals surface area (Å²) in [5, 5.41) is 12.0. The number of nitrogens with one attached hydrogen (secondary N) is 1. The highest BCUT2D eigenvalue weighted by Crippen LogP contribution is 2.20. The van der Waals surface area contributed by atoms with Crippen molar-refractivity contribution in [1.29, 1.82) is 0 Å². The zero-order chi connectivity index (χ0) is 19.9. The van der Waals surface area contributed by atoms with E-state index in [0.29, 0.717) is 23.5 Å². The minimum absolute atomic E-state index is 0.0574. The van der Waals surface area contributed by atoms with Gasteiger partial charge in [-0.05, 0) is 54.8 Å². The van der Waals surface area contributed by atoms with Crippen LogP contribution >= 0.6 is 0 Å². The molecule has 0 unspecified atom stereocenters. The molecule has 7 heteroatoms. The van der Waals surface area contributed by atoms with E-state index in [2.05, 4.69) is 5.32 Å². The zero-order valence-corrected chi connectivity index (χ0v) is 15.6. The lowest BCUT2D eigenvalue weighted by atomic mass is 10.1. The minimum Gasteiger partial charge on any atom is -0.496 e. The van der Waals surface area contributed by atoms with Crippen molar-refractivity contribution in [3.63, 3.8) is 0 Å². The molecule has 2 aromatic carbocycles. The number of amides is 1. The molecule has 7 nitrogen and oxygen atoms in total. The third-order valence-corrected chi connectivity index (χ3v) is 4.52. The standard InChI is InChI=1S/C21H23NO6/c1-26-19-9-4-14(11-18(19)21(24)25)12-22-20(23)15-5-7-16(8-6-15)28-13-17-3-2-10-27-17/h4-9,11,17H,2-3,10,12-13H2,1H3,(H,22,23)(H,24,25)/t17-/m0/s1. The average Bonchev–Trinajstić information content (AvgIpc) is 3.24. The maximum atomic E-state index is 12.3. The highest BCUT2D eigenvalue weighted by Gasteiger charge is 2.16. The van der Waals surface area contributed by atoms with E-state index >= 15 is 0 Å². The summed E-state index contributed by atoms with van der Waals surface area (Å²) in [6.45, 7) is 1.50. The number of carbonyl (C=O) groups is 2. The number of hydrogen-bond donors (Lipinski definition) is 2. The van der Waals surface area contributed by atoms with Crippen molar-refractivity contribution < 1.29 is 28.9 Å². The minimum atomic E-state index is -1.08. The van der Waals surface area contributed by atoms with Crippen molar-refractivity contribution >= 4 is 11.9 Å². The first-order valence-corrected chi connectivity index (χ1v) is 9.09. The Morgan fingerprint density at radius 2 is 2.00 bits per heavy atom. The van der Waals surface area contributed by atoms with Crippen LogP contribution in [0, 0.1) is 0 Å². The summed E-state index contributed by atoms with van der Waals surface area (Å²) >= 11 is 0. The maximum absolute atomic E-state index is 12.3. The van der Waals surface area contributed by atoms with Gasteiger partial charge >= 0.3 is 5.97 Å². The van der Waals surface area contributed by atoms with E-state index in [1.54, 1.807) is 36.4 Å². The first-order valence-electron chi connectivity index (χ1n) is 9.09. The Morgan fingerprint density at radius 3 is 2.64 bits per heavy atom. The van der Waals surface area contributed by atoms with Crippen LogP contribution in [-0.2, 0) is 11.3 Å². The molecule has 28 heavy (non-hydrogen) atoms. The number of hydrogen-bond acceptors (Lipinski definition) is 5. The van der Waals surface area contributed by atoms with Crippen molar-refractivity contribution in [2.45, 2.75) is 25.5 Å². The van der Waals surface area contributed by atoms with Crippen molar-refractivity contribution in [1.82, 2.24) is 5.32 Å². The third-order valence-electron chi connectivity index (χ3n) is 4.52. The van der Waals surface area contributed by atoms with Crippen LogP contribution in [0.4, 0.5) is 0 Å². The Labute approximate surface area is 163 Å². The Balaban J connectivity index is 1.54. The monoisotopic (exact) mass is 385 g/mol. The molecule has 1 saturated heterocycles. The van der Waals surface area contributed by atoms with Gasteiger partial charge in [0.2, 0.25) is 0 Å². The molecule has 0 saturated carbocycles. The van der Waals surface area contributed by atoms with Gasteiger partial charge in [-0.2, -0.15) is 0 Å². The van der Waals surface area contributed by atoms with Gasteiger partial charge in [0.1, 0.15) is 23.7 Å². The highest BCUT2D eigenvalue weighted by atomic mass is 16.5. The fourth-order valence-corrected chi connectivity index (χ4v) is 2.98. The SMILES string of the molecule is COc1ccc(CNC(=O)c2ccc(OC[C@@H]3CCCO3)cc2)cc1C(=O)O. The number of methoxy groups -OCH3 is 1. The lowest BCUT2D eigenvalue weighted by Crippen LogP contribution is -2.23. The molecule has 1 fully saturated rings. The summed E-state index contributed by atoms with van der Waals surface area (Å²) in [6.07, 6.45) is 2.22. The van der Waals surface area contributed by atoms with Gasteiger partial charge in [0.15, 0.2) is 0 Å². The van der Waals surface area contributed by atoms with Crippen molar-refractivity contribution in [2.75, 3.05) is 20.3 Å². The van der Waals surface area contributed by atoms with Crippen LogP contribution in [0.25, 0.3) is 0 Å². The van der Waals surface area contributed by atoms with Gasteiger partial charge in [0.05, 0.1) is 13.2 Å². The highest BCUT2D eigenvalue weighted by molar-refractivity contribution is 5.94. The number of carbonyl (C=O) groups excluding carboxylic acids is 1. The maximum Gasteiger partial charge on any atom is 0.339 e. The van der Waals surface area contributed by atoms with Crippen LogP contribution in [0.2, 0.25) is 0 Å². The lowest BCUT2D eigenvalue weighted by Gasteiger charge is -2.12. The zero-order valence-electron chi connectivity index (χ0n) is 15.6. The molecular weight excluding hydrogens is 362 g/mol. The molecule has 1 heterocycles. The summed E-state index contributed by atoms with van der Waals surface area (Å²) in [6, 6.07) is 11.7. The number of ether oxygens (including phenoxy) is 3. The van der Waals surface area contributed by atoms with E-state index in [9.17, 15) is 14.7 Å². The number of aromatic carboxylic acids is 1. The quantitative estimate of drug-likeness (QED) is 0.726. The number of carboxylic acid groups (broad SMARTS) is 1. The summed E-state index contributed by atoms with van der Waals surface area (Å²) < 4.78 is 16.2. The second-order valence-corrected chi connectivity index (χ2v) is 6.49. The molecule has 1 aliphatic rings. The van der Waals surface area contributed by atoms with E-state index in [-0.39, 0.29) is 29.9 Å². The van der Waals surface area contributed by atoms with Gasteiger partial charge in [-0.3, -0.25) is 4.79 Å². The molecule has 0 radical (unpaired) electrons. The van der Waals surface area contributed by atoms with Crippen molar-refractivity contribution in [2.24, 2.45) is 0 Å². The van der Waals surface area contributed by atoms with Gasteiger partial charge in [0, 0.05) is 18.7 Å². The van der Waals surface area contributed by atoms with Gasteiger partial charge in [0.25, 0.3) is 5.91 Å². The Kier molecular flexibility index (Phi) is 6.49. The van der Waals surface area contributed by atoms with Crippen LogP contribution < -0.4 is 14.8 Å². The Bertz CT molecular complexity index is 827. The fraction of sp³-hybridized carbons (Fsp3) is 0.333. The van der Waals surface area contributed by atoms with E-state index in [1.807, 2.05) is 0 Å². The summed E-state index contributed by atoms with van der Waals surface area (Å²) in [5.74, 6) is -0.364. The topological polar surface area (TPSA) is 94.1 Å². The Hall–Kier alpha value is -3.06. The van der Waals surface area contributed by atoms with Crippen LogP contribution in [0.1, 0.15) is 39.1 Å². The van der Waals surface area contributed by atoms with Crippen molar-refractivity contribution in [3.8, 4) is 11.5 Å². The fourth-order valence-electron chi connectivity index (χ4n) is 2.98. The molecule has 2 aromatic rings. The molecule has 148 valence electrons. The summed E-state index contributed by atoms with van der Waals surface area (Å²) in [7, 11) is 1.41. The average molecular weight is 385 g/mol. The molecule has 3 rings (SSSR count). The van der Waals surface area contributed by atoms with Crippen LogP contribution in [0.15, 0.2) is 42.5 Å². The van der Waals surface area contributed by atoms with Gasteiger partial charge in [-0.25, -0.2) is 4.79 Å². The molecule has 0 spiro atoms. The lowest BCUT2D eigenvalue weighted by molar-refractivity contribution is 0.0679. The molecule has 0 bridgehead atoms. The largest absolute Gasteiger partial charge is 0.496 e. The summed E-state index contributed by atoms with van der Waals surface area (Å²) in [5.41, 5.74) is 1.22. The molecule has 1 aliphatic heterocycles. The smallest absolute Gasteiger partial charge is 0.339 e. The molecule has 1 atom stereocenters. The predicted molar refractivity (Wildman–Crippen MR) is 102 cm³/mol. The van der Waals surface area contributed by atoms with Crippen molar-refractivity contribution in [3.05, 3.63) is 59.2 Å². The molecule has 2 N–H and O–H groups in total. The molecule has 1 amide bonds. The van der Waals surface area contributed by atoms with E-state index in [1.165, 1.54) is 13.2 Å². The first kappa shape index (κ1) is 19.7. The second-order valence-electron chi connectivity index (χ2n) is 6.49. The van der Waals surface area contributed by atoms with Gasteiger partial charge in [-0.1, -0.05) is 6.07 Å². The summed E-state index contributed by atoms with van der Waals surface area (Å²) in [4.78, 5) is 23.6. The third kappa shape index (κ3) is 5.01. The normalized spacial score (nSPS) is 15.8. The van der Waals surface area contributed by atoms with Gasteiger partial charge < -0.3 is 24.6 Å². The van der Waals surface area contributed by atoms with Crippen LogP contribution in [0.3, 0.4) is 0 Å².